The summed E-state index contributed by atoms with van der Waals surface area (Å²) in [7, 11) is 0. The zero-order chi connectivity index (χ0) is 26.3. The summed E-state index contributed by atoms with van der Waals surface area (Å²) in [6.45, 7) is 5.93. The number of nitrogens with two attached hydrogens (primary N) is 2. The van der Waals surface area contributed by atoms with E-state index in [1.165, 1.54) is 12.1 Å². The molecular formula is C27H28ClF2N5O2. The summed E-state index contributed by atoms with van der Waals surface area (Å²) >= 11 is 6.03. The minimum absolute atomic E-state index is 0.167. The molecule has 0 unspecified atom stereocenters. The lowest BCUT2D eigenvalue weighted by molar-refractivity contribution is -0.168. The summed E-state index contributed by atoms with van der Waals surface area (Å²) in [5.74, 6) is -1.16. The molecule has 10 heteroatoms. The first kappa shape index (κ1) is 24.3. The second-order valence-corrected chi connectivity index (χ2v) is 11.3. The van der Waals surface area contributed by atoms with Crippen LogP contribution in [0.2, 0.25) is 5.02 Å². The number of hydrogen-bond acceptors (Lipinski definition) is 6. The molecule has 2 fully saturated rings. The molecule has 37 heavy (non-hydrogen) atoms. The summed E-state index contributed by atoms with van der Waals surface area (Å²) in [6.07, 6.45) is 4.44. The first-order valence-electron chi connectivity index (χ1n) is 12.3. The van der Waals surface area contributed by atoms with E-state index in [1.807, 2.05) is 30.7 Å². The third-order valence-corrected chi connectivity index (χ3v) is 8.17. The second kappa shape index (κ2) is 8.24. The maximum atomic E-state index is 14.9. The van der Waals surface area contributed by atoms with Crippen LogP contribution in [0.1, 0.15) is 45.2 Å². The van der Waals surface area contributed by atoms with E-state index in [0.29, 0.717) is 41.1 Å². The Morgan fingerprint density at radius 1 is 1.08 bits per heavy atom. The molecule has 194 valence electrons. The normalized spacial score (nSPS) is 26.8. The van der Waals surface area contributed by atoms with Crippen molar-refractivity contribution in [3.63, 3.8) is 0 Å². The molecule has 4 N–H and O–H groups in total. The second-order valence-electron chi connectivity index (χ2n) is 10.9. The van der Waals surface area contributed by atoms with Gasteiger partial charge in [-0.15, -0.1) is 0 Å². The van der Waals surface area contributed by atoms with Crippen LogP contribution >= 0.6 is 11.6 Å². The standard InChI is InChI=1S/C27H28ClF2N5O2/c1-26(2)36-22-20(35-7-5-14-21(35)18(30)12-33-24(14)31)11-27(3,23(22)37-26)6-4-13-8-17(29)15-10-16(28)25(32)34-19(15)9-13/h5,7-10,12,20,22-23H,4,6,11H2,1-3H3,(H2,31,33)(H2,32,34)/t20-,22+,23+,27+/m1/s1. The lowest BCUT2D eigenvalue weighted by Crippen LogP contribution is -2.34. The molecule has 7 nitrogen and oxygen atoms in total. The number of fused-ring (bicyclic) bond motifs is 3. The highest BCUT2D eigenvalue weighted by molar-refractivity contribution is 6.33. The predicted octanol–water partition coefficient (Wildman–Crippen LogP) is 5.78. The fraction of sp³-hybridized carbons (Fsp3) is 0.407. The smallest absolute Gasteiger partial charge is 0.165 e. The van der Waals surface area contributed by atoms with Crippen LogP contribution in [0.4, 0.5) is 20.4 Å². The van der Waals surface area contributed by atoms with Gasteiger partial charge < -0.3 is 25.5 Å². The Kier molecular flexibility index (Phi) is 5.42. The lowest BCUT2D eigenvalue weighted by atomic mass is 9.80. The topological polar surface area (TPSA) is 101 Å². The van der Waals surface area contributed by atoms with Crippen molar-refractivity contribution in [3.05, 3.63) is 58.9 Å². The van der Waals surface area contributed by atoms with Crippen LogP contribution in [0, 0.1) is 17.0 Å². The van der Waals surface area contributed by atoms with Gasteiger partial charge in [-0.2, -0.15) is 0 Å². The van der Waals surface area contributed by atoms with Crippen molar-refractivity contribution in [2.24, 2.45) is 5.41 Å². The molecule has 1 aromatic carbocycles. The van der Waals surface area contributed by atoms with Gasteiger partial charge in [-0.05, 0) is 68.4 Å². The third kappa shape index (κ3) is 3.91. The number of ether oxygens (including phenoxy) is 2. The van der Waals surface area contributed by atoms with Crippen molar-refractivity contribution in [2.45, 2.75) is 64.1 Å². The van der Waals surface area contributed by atoms with Crippen LogP contribution in [0.15, 0.2) is 36.7 Å². The van der Waals surface area contributed by atoms with Crippen molar-refractivity contribution in [1.29, 1.82) is 0 Å². The van der Waals surface area contributed by atoms with E-state index in [1.54, 1.807) is 6.07 Å². The van der Waals surface area contributed by atoms with Crippen LogP contribution in [0.3, 0.4) is 0 Å². The van der Waals surface area contributed by atoms with Gasteiger partial charge in [0.05, 0.1) is 34.4 Å². The Labute approximate surface area is 217 Å². The molecule has 0 amide bonds. The largest absolute Gasteiger partial charge is 0.383 e. The van der Waals surface area contributed by atoms with Crippen molar-refractivity contribution in [3.8, 4) is 0 Å². The first-order chi connectivity index (χ1) is 17.5. The van der Waals surface area contributed by atoms with Gasteiger partial charge in [-0.1, -0.05) is 18.5 Å². The Bertz CT molecular complexity index is 1560. The van der Waals surface area contributed by atoms with Gasteiger partial charge in [0.2, 0.25) is 0 Å². The molecule has 0 bridgehead atoms. The summed E-state index contributed by atoms with van der Waals surface area (Å²) in [4.78, 5) is 8.21. The molecule has 0 radical (unpaired) electrons. The number of aryl methyl sites for hydroxylation is 1. The maximum Gasteiger partial charge on any atom is 0.165 e. The van der Waals surface area contributed by atoms with Gasteiger partial charge >= 0.3 is 0 Å². The molecule has 6 rings (SSSR count). The predicted molar refractivity (Wildman–Crippen MR) is 139 cm³/mol. The number of nitrogens with zero attached hydrogens (tertiary/aromatic N) is 3. The molecule has 1 aliphatic heterocycles. The van der Waals surface area contributed by atoms with Gasteiger partial charge in [0.25, 0.3) is 0 Å². The number of rotatable bonds is 4. The highest BCUT2D eigenvalue weighted by Gasteiger charge is 2.59. The van der Waals surface area contributed by atoms with E-state index in [0.717, 1.165) is 11.8 Å². The number of hydrogen-bond donors (Lipinski definition) is 2. The monoisotopic (exact) mass is 527 g/mol. The number of pyridine rings is 2. The third-order valence-electron chi connectivity index (χ3n) is 7.87. The lowest BCUT2D eigenvalue weighted by Gasteiger charge is -2.32. The molecule has 4 heterocycles. The van der Waals surface area contributed by atoms with Crippen molar-refractivity contribution in [2.75, 3.05) is 11.5 Å². The number of aromatic nitrogens is 3. The molecule has 4 atom stereocenters. The number of anilines is 2. The molecular weight excluding hydrogens is 500 g/mol. The van der Waals surface area contributed by atoms with E-state index in [-0.39, 0.29) is 40.3 Å². The number of halogens is 3. The van der Waals surface area contributed by atoms with Crippen molar-refractivity contribution < 1.29 is 18.3 Å². The SMILES string of the molecule is CC1(C)O[C@H]2[C@H](n3ccc4c(N)ncc(F)c43)C[C@](C)(CCc3cc(F)c4cc(Cl)c(N)nc4c3)[C@H]2O1. The van der Waals surface area contributed by atoms with Crippen LogP contribution in [0.25, 0.3) is 21.8 Å². The zero-order valence-corrected chi connectivity index (χ0v) is 21.5. The molecule has 4 aromatic rings. The summed E-state index contributed by atoms with van der Waals surface area (Å²) in [5, 5.41) is 1.13. The number of nitrogen functional groups attached to an aromatic ring is 2. The summed E-state index contributed by atoms with van der Waals surface area (Å²) in [6, 6.07) is 6.47. The minimum atomic E-state index is -0.785. The Hall–Kier alpha value is -3.01. The highest BCUT2D eigenvalue weighted by Crippen LogP contribution is 2.55. The average Bonchev–Trinajstić information content (AvgIpc) is 3.48. The van der Waals surface area contributed by atoms with Crippen molar-refractivity contribution >= 4 is 45.0 Å². The van der Waals surface area contributed by atoms with Gasteiger partial charge in [-0.3, -0.25) is 0 Å². The fourth-order valence-electron chi connectivity index (χ4n) is 6.11. The van der Waals surface area contributed by atoms with Gasteiger partial charge in [0, 0.05) is 17.0 Å². The van der Waals surface area contributed by atoms with E-state index in [4.69, 9.17) is 32.5 Å². The fourth-order valence-corrected chi connectivity index (χ4v) is 6.26. The summed E-state index contributed by atoms with van der Waals surface area (Å²) < 4.78 is 44.5. The molecule has 0 spiro atoms. The van der Waals surface area contributed by atoms with E-state index < -0.39 is 17.4 Å². The molecule has 3 aromatic heterocycles. The Morgan fingerprint density at radius 3 is 2.65 bits per heavy atom. The highest BCUT2D eigenvalue weighted by atomic mass is 35.5. The van der Waals surface area contributed by atoms with Crippen LogP contribution in [-0.4, -0.2) is 32.5 Å². The minimum Gasteiger partial charge on any atom is -0.383 e. The van der Waals surface area contributed by atoms with Gasteiger partial charge in [0.1, 0.15) is 23.6 Å². The van der Waals surface area contributed by atoms with Crippen LogP contribution in [-0.2, 0) is 15.9 Å². The maximum absolute atomic E-state index is 14.9. The molecule has 2 aliphatic rings. The molecule has 1 saturated carbocycles. The number of benzene rings is 1. The Balaban J connectivity index is 1.34. The van der Waals surface area contributed by atoms with Gasteiger partial charge in [0.15, 0.2) is 11.6 Å². The molecule has 1 aliphatic carbocycles. The van der Waals surface area contributed by atoms with E-state index in [2.05, 4.69) is 16.9 Å². The quantitative estimate of drug-likeness (QED) is 0.348. The molecule has 1 saturated heterocycles. The first-order valence-corrected chi connectivity index (χ1v) is 12.6. The van der Waals surface area contributed by atoms with Crippen LogP contribution in [0.5, 0.6) is 0 Å². The van der Waals surface area contributed by atoms with E-state index >= 15 is 0 Å². The summed E-state index contributed by atoms with van der Waals surface area (Å²) in [5.41, 5.74) is 13.2. The Morgan fingerprint density at radius 2 is 1.86 bits per heavy atom. The van der Waals surface area contributed by atoms with E-state index in [9.17, 15) is 8.78 Å². The zero-order valence-electron chi connectivity index (χ0n) is 20.8. The van der Waals surface area contributed by atoms with Crippen molar-refractivity contribution in [1.82, 2.24) is 14.5 Å². The van der Waals surface area contributed by atoms with Crippen LogP contribution < -0.4 is 11.5 Å². The average molecular weight is 528 g/mol. The van der Waals surface area contributed by atoms with Gasteiger partial charge in [-0.25, -0.2) is 18.7 Å².